The first-order chi connectivity index (χ1) is 13.5. The second kappa shape index (κ2) is 9.73. The van der Waals surface area contributed by atoms with Crippen molar-refractivity contribution in [1.29, 1.82) is 0 Å². The molecule has 0 aliphatic rings. The van der Waals surface area contributed by atoms with E-state index >= 15 is 0 Å². The molecule has 0 N–H and O–H groups in total. The van der Waals surface area contributed by atoms with Crippen molar-refractivity contribution in [2.45, 2.75) is 37.0 Å². The third-order valence-corrected chi connectivity index (χ3v) is 4.32. The van der Waals surface area contributed by atoms with Crippen molar-refractivity contribution in [2.24, 2.45) is 0 Å². The number of carbonyl (C=O) groups excluding carboxylic acids is 2. The monoisotopic (exact) mass is 510 g/mol. The highest BCUT2D eigenvalue weighted by Crippen LogP contribution is 2.48. The van der Waals surface area contributed by atoms with Gasteiger partial charge in [-0.1, -0.05) is 34.8 Å². The van der Waals surface area contributed by atoms with Crippen LogP contribution in [0.2, 0.25) is 15.1 Å². The van der Waals surface area contributed by atoms with E-state index in [0.29, 0.717) is 0 Å². The summed E-state index contributed by atoms with van der Waals surface area (Å²) in [5.41, 5.74) is 0. The van der Waals surface area contributed by atoms with Gasteiger partial charge in [-0.3, -0.25) is 9.59 Å². The van der Waals surface area contributed by atoms with Gasteiger partial charge in [0, 0.05) is 6.07 Å². The van der Waals surface area contributed by atoms with E-state index < -0.39 is 55.6 Å². The molecule has 1 rings (SSSR count). The van der Waals surface area contributed by atoms with E-state index in [1.54, 1.807) is 0 Å². The summed E-state index contributed by atoms with van der Waals surface area (Å²) in [6.07, 6.45) is -6.92. The normalized spacial score (nSPS) is 12.8. The van der Waals surface area contributed by atoms with E-state index in [0.717, 1.165) is 12.1 Å². The molecule has 0 unspecified atom stereocenters. The minimum Gasteiger partial charge on any atom is -0.459 e. The van der Waals surface area contributed by atoms with Crippen molar-refractivity contribution in [3.63, 3.8) is 0 Å². The second-order valence-corrected chi connectivity index (χ2v) is 6.76. The average Bonchev–Trinajstić information content (AvgIpc) is 2.62. The molecular weight excluding hydrogens is 503 g/mol. The highest BCUT2D eigenvalue weighted by atomic mass is 35.5. The highest BCUT2D eigenvalue weighted by molar-refractivity contribution is 6.43. The molecule has 0 bridgehead atoms. The largest absolute Gasteiger partial charge is 0.459 e. The van der Waals surface area contributed by atoms with Gasteiger partial charge < -0.3 is 9.47 Å². The summed E-state index contributed by atoms with van der Waals surface area (Å²) in [6.45, 7) is -2.63. The van der Waals surface area contributed by atoms with Crippen LogP contribution in [0.3, 0.4) is 0 Å². The lowest BCUT2D eigenvalue weighted by atomic mass is 10.1. The molecule has 0 atom stereocenters. The first-order valence-corrected chi connectivity index (χ1v) is 8.58. The molecule has 0 heterocycles. The summed E-state index contributed by atoms with van der Waals surface area (Å²) < 4.78 is 110. The van der Waals surface area contributed by atoms with Gasteiger partial charge in [0.05, 0.1) is 27.9 Å². The lowest BCUT2D eigenvalue weighted by molar-refractivity contribution is -0.344. The van der Waals surface area contributed by atoms with E-state index in [2.05, 4.69) is 4.74 Å². The maximum absolute atomic E-state index is 13.2. The third-order valence-electron chi connectivity index (χ3n) is 3.30. The van der Waals surface area contributed by atoms with Crippen LogP contribution in [-0.2, 0) is 14.3 Å². The molecule has 0 saturated heterocycles. The van der Waals surface area contributed by atoms with Gasteiger partial charge in [0.25, 0.3) is 0 Å². The Labute approximate surface area is 178 Å². The Morgan fingerprint density at radius 2 is 1.37 bits per heavy atom. The molecule has 0 aliphatic heterocycles. The van der Waals surface area contributed by atoms with E-state index in [4.69, 9.17) is 39.5 Å². The molecule has 0 fully saturated rings. The quantitative estimate of drug-likeness (QED) is 0.175. The molecule has 1 aromatic rings. The van der Waals surface area contributed by atoms with Crippen LogP contribution >= 0.6 is 34.8 Å². The molecule has 0 aromatic heterocycles. The predicted molar refractivity (Wildman–Crippen MR) is 88.1 cm³/mol. The molecule has 1 aromatic carbocycles. The molecule has 15 heteroatoms. The number of esters is 2. The molecular formula is C15H9Cl3F8O4. The lowest BCUT2D eigenvalue weighted by Crippen LogP contribution is -2.59. The Morgan fingerprint density at radius 1 is 0.867 bits per heavy atom. The van der Waals surface area contributed by atoms with E-state index in [9.17, 15) is 44.7 Å². The number of rotatable bonds is 9. The molecule has 170 valence electrons. The molecule has 30 heavy (non-hydrogen) atoms. The zero-order chi connectivity index (χ0) is 23.5. The third kappa shape index (κ3) is 6.01. The van der Waals surface area contributed by atoms with Gasteiger partial charge >= 0.3 is 36.1 Å². The van der Waals surface area contributed by atoms with Gasteiger partial charge in [-0.2, -0.15) is 26.3 Å². The number of halogens is 11. The number of hydrogen-bond acceptors (Lipinski definition) is 4. The van der Waals surface area contributed by atoms with Gasteiger partial charge in [-0.25, -0.2) is 8.78 Å². The maximum Gasteiger partial charge on any atom is 0.381 e. The first kappa shape index (κ1) is 26.5. The van der Waals surface area contributed by atoms with Gasteiger partial charge in [0.15, 0.2) is 12.4 Å². The number of alkyl halides is 8. The maximum atomic E-state index is 13.2. The molecule has 0 radical (unpaired) electrons. The Balaban J connectivity index is 2.63. The van der Waals surface area contributed by atoms with Crippen LogP contribution in [0.1, 0.15) is 12.8 Å². The van der Waals surface area contributed by atoms with Crippen molar-refractivity contribution in [2.75, 3.05) is 6.61 Å². The standard InChI is InChI=1S/C15H9Cl3F8O4/c16-6-3-8(18)9(4-7(6)17)30-11(28)2-1-10(27)29-5-13(21,22)15(25,26)14(23,24)12(19)20/h3-4,12H,1-2,5H2. The Bertz CT molecular complexity index is 804. The molecule has 4 nitrogen and oxygen atoms in total. The van der Waals surface area contributed by atoms with Gasteiger partial charge in [0.1, 0.15) is 0 Å². The summed E-state index contributed by atoms with van der Waals surface area (Å²) in [4.78, 5) is 22.9. The van der Waals surface area contributed by atoms with Crippen molar-refractivity contribution in [1.82, 2.24) is 0 Å². The number of ether oxygens (including phenoxy) is 2. The van der Waals surface area contributed by atoms with Crippen LogP contribution in [0.15, 0.2) is 12.1 Å². The minimum absolute atomic E-state index is 0.0280. The van der Waals surface area contributed by atoms with E-state index in [-0.39, 0.29) is 20.8 Å². The summed E-state index contributed by atoms with van der Waals surface area (Å²) in [6, 6.07) is 2.17. The van der Waals surface area contributed by atoms with Crippen molar-refractivity contribution < 1.29 is 54.2 Å². The zero-order valence-corrected chi connectivity index (χ0v) is 16.4. The van der Waals surface area contributed by atoms with Crippen molar-refractivity contribution in [3.8, 4) is 5.75 Å². The van der Waals surface area contributed by atoms with Crippen molar-refractivity contribution in [3.05, 3.63) is 27.2 Å². The molecule has 0 amide bonds. The predicted octanol–water partition coefficient (Wildman–Crippen LogP) is 6.05. The Hall–Kier alpha value is -1.53. The Morgan fingerprint density at radius 3 is 1.90 bits per heavy atom. The molecule has 0 spiro atoms. The Kier molecular flexibility index (Phi) is 8.60. The van der Waals surface area contributed by atoms with Crippen LogP contribution in [0, 0.1) is 0 Å². The number of carbonyl (C=O) groups is 2. The lowest BCUT2D eigenvalue weighted by Gasteiger charge is -2.31. The second-order valence-electron chi connectivity index (χ2n) is 5.53. The summed E-state index contributed by atoms with van der Waals surface area (Å²) in [5, 5.41) is -0.172. The molecule has 0 saturated carbocycles. The van der Waals surface area contributed by atoms with Gasteiger partial charge in [-0.15, -0.1) is 0 Å². The van der Waals surface area contributed by atoms with E-state index in [1.165, 1.54) is 0 Å². The highest BCUT2D eigenvalue weighted by Gasteiger charge is 2.75. The summed E-state index contributed by atoms with van der Waals surface area (Å²) >= 11 is 17.1. The fourth-order valence-electron chi connectivity index (χ4n) is 1.68. The average molecular weight is 512 g/mol. The fourth-order valence-corrected chi connectivity index (χ4v) is 2.25. The molecule has 0 aliphatic carbocycles. The van der Waals surface area contributed by atoms with Crippen LogP contribution < -0.4 is 4.74 Å². The topological polar surface area (TPSA) is 52.6 Å². The van der Waals surface area contributed by atoms with Crippen molar-refractivity contribution >= 4 is 46.7 Å². The van der Waals surface area contributed by atoms with E-state index in [1.807, 2.05) is 0 Å². The number of hydrogen-bond donors (Lipinski definition) is 0. The van der Waals surface area contributed by atoms with Crippen LogP contribution in [0.25, 0.3) is 0 Å². The zero-order valence-electron chi connectivity index (χ0n) is 14.1. The smallest absolute Gasteiger partial charge is 0.381 e. The number of benzene rings is 1. The van der Waals surface area contributed by atoms with Gasteiger partial charge in [-0.05, 0) is 6.07 Å². The minimum atomic E-state index is -6.52. The van der Waals surface area contributed by atoms with Crippen LogP contribution in [-0.4, -0.2) is 42.7 Å². The first-order valence-electron chi connectivity index (χ1n) is 7.45. The summed E-state index contributed by atoms with van der Waals surface area (Å²) in [5.74, 6) is -21.8. The SMILES string of the molecule is O=C(CCC(=O)Oc1cc(Cl)c(Cl)cc1Cl)OCC(F)(F)C(F)(F)C(F)(F)C(F)F. The van der Waals surface area contributed by atoms with Crippen LogP contribution in [0.4, 0.5) is 35.1 Å². The van der Waals surface area contributed by atoms with Crippen LogP contribution in [0.5, 0.6) is 5.75 Å². The van der Waals surface area contributed by atoms with Gasteiger partial charge in [0.2, 0.25) is 0 Å². The summed E-state index contributed by atoms with van der Waals surface area (Å²) in [7, 11) is 0. The fraction of sp³-hybridized carbons (Fsp3) is 0.467.